The Morgan fingerprint density at radius 3 is 1.12 bits per heavy atom. The monoisotopic (exact) mass is 644 g/mol. The normalized spacial score (nSPS) is 11.2. The standard InChI is InChI=1S/C48H40N2/c1-3-16-41-35-48(50(45-21-12-6-13-22-45)46-23-14-7-15-24-46)42(34-29-38-27-32-40(33-28-38)39-30-25-37(2)26-31-39)36-47(41)49(43-17-8-4-9-18-43)44-19-10-5-11-20-44/h3-36H,1-2H3/b16-3+,34-29+. The second-order valence-corrected chi connectivity index (χ2v) is 12.3. The number of rotatable bonds is 10. The van der Waals surface area contributed by atoms with Crippen LogP contribution in [0.5, 0.6) is 0 Å². The van der Waals surface area contributed by atoms with E-state index in [-0.39, 0.29) is 0 Å². The molecule has 0 aliphatic rings. The predicted molar refractivity (Wildman–Crippen MR) is 216 cm³/mol. The smallest absolute Gasteiger partial charge is 0.0541 e. The third kappa shape index (κ3) is 7.21. The molecule has 0 bridgehead atoms. The molecule has 242 valence electrons. The van der Waals surface area contributed by atoms with E-state index in [4.69, 9.17) is 0 Å². The summed E-state index contributed by atoms with van der Waals surface area (Å²) in [6.45, 7) is 4.21. The van der Waals surface area contributed by atoms with E-state index in [1.54, 1.807) is 0 Å². The summed E-state index contributed by atoms with van der Waals surface area (Å²) in [5, 5.41) is 0. The molecule has 0 atom stereocenters. The molecular formula is C48H40N2. The lowest BCUT2D eigenvalue weighted by Crippen LogP contribution is -2.15. The molecule has 0 radical (unpaired) electrons. The molecule has 0 aliphatic heterocycles. The highest BCUT2D eigenvalue weighted by Gasteiger charge is 2.21. The van der Waals surface area contributed by atoms with E-state index in [0.717, 1.165) is 50.8 Å². The van der Waals surface area contributed by atoms with Gasteiger partial charge in [0.1, 0.15) is 0 Å². The molecule has 0 unspecified atom stereocenters. The van der Waals surface area contributed by atoms with Gasteiger partial charge in [0.2, 0.25) is 0 Å². The highest BCUT2D eigenvalue weighted by Crippen LogP contribution is 2.44. The van der Waals surface area contributed by atoms with Gasteiger partial charge in [0, 0.05) is 33.9 Å². The summed E-state index contributed by atoms with van der Waals surface area (Å²) < 4.78 is 0. The molecule has 0 aromatic heterocycles. The molecule has 0 heterocycles. The van der Waals surface area contributed by atoms with Gasteiger partial charge in [-0.15, -0.1) is 0 Å². The van der Waals surface area contributed by atoms with Crippen LogP contribution < -0.4 is 9.80 Å². The molecule has 0 saturated heterocycles. The number of hydrogen-bond acceptors (Lipinski definition) is 2. The Morgan fingerprint density at radius 2 is 0.740 bits per heavy atom. The van der Waals surface area contributed by atoms with Crippen LogP contribution >= 0.6 is 0 Å². The fraction of sp³-hybridized carbons (Fsp3) is 0.0417. The van der Waals surface area contributed by atoms with Gasteiger partial charge in [-0.3, -0.25) is 0 Å². The number of allylic oxidation sites excluding steroid dienone is 1. The van der Waals surface area contributed by atoms with Crippen molar-refractivity contribution in [2.45, 2.75) is 13.8 Å². The maximum Gasteiger partial charge on any atom is 0.0541 e. The first-order chi connectivity index (χ1) is 24.7. The minimum atomic E-state index is 1.09. The summed E-state index contributed by atoms with van der Waals surface area (Å²) in [6, 6.07) is 64.7. The van der Waals surface area contributed by atoms with Crippen LogP contribution in [0.25, 0.3) is 29.4 Å². The Bertz CT molecular complexity index is 2110. The molecule has 0 N–H and O–H groups in total. The van der Waals surface area contributed by atoms with Crippen molar-refractivity contribution in [1.29, 1.82) is 0 Å². The average molecular weight is 645 g/mol. The van der Waals surface area contributed by atoms with Gasteiger partial charge in [-0.2, -0.15) is 0 Å². The molecule has 0 fully saturated rings. The average Bonchev–Trinajstić information content (AvgIpc) is 3.18. The third-order valence-corrected chi connectivity index (χ3v) is 8.81. The predicted octanol–water partition coefficient (Wildman–Crippen LogP) is 13.8. The fourth-order valence-corrected chi connectivity index (χ4v) is 6.32. The SMILES string of the molecule is C/C=C/c1cc(N(c2ccccc2)c2ccccc2)c(/C=C/c2ccc(-c3ccc(C)cc3)cc2)cc1N(c1ccccc1)c1ccccc1. The molecule has 7 rings (SSSR count). The highest BCUT2D eigenvalue weighted by molar-refractivity contribution is 5.92. The van der Waals surface area contributed by atoms with Crippen molar-refractivity contribution in [3.63, 3.8) is 0 Å². The van der Waals surface area contributed by atoms with E-state index >= 15 is 0 Å². The zero-order valence-electron chi connectivity index (χ0n) is 28.5. The van der Waals surface area contributed by atoms with Gasteiger partial charge in [-0.05, 0) is 91.2 Å². The summed E-state index contributed by atoms with van der Waals surface area (Å²) in [7, 11) is 0. The van der Waals surface area contributed by atoms with E-state index in [2.05, 4.69) is 230 Å². The Morgan fingerprint density at radius 1 is 0.380 bits per heavy atom. The van der Waals surface area contributed by atoms with E-state index in [9.17, 15) is 0 Å². The Balaban J connectivity index is 1.43. The molecule has 0 amide bonds. The molecule has 2 heteroatoms. The quantitative estimate of drug-likeness (QED) is 0.137. The van der Waals surface area contributed by atoms with E-state index < -0.39 is 0 Å². The van der Waals surface area contributed by atoms with Gasteiger partial charge in [-0.1, -0.05) is 151 Å². The highest BCUT2D eigenvalue weighted by atomic mass is 15.2. The summed E-state index contributed by atoms with van der Waals surface area (Å²) in [5.41, 5.74) is 13.6. The molecular weight excluding hydrogens is 605 g/mol. The van der Waals surface area contributed by atoms with Crippen LogP contribution in [0.1, 0.15) is 29.2 Å². The number of benzene rings is 7. The molecule has 50 heavy (non-hydrogen) atoms. The van der Waals surface area contributed by atoms with Crippen molar-refractivity contribution in [3.8, 4) is 11.1 Å². The third-order valence-electron chi connectivity index (χ3n) is 8.81. The number of anilines is 6. The summed E-state index contributed by atoms with van der Waals surface area (Å²) >= 11 is 0. The van der Waals surface area contributed by atoms with Crippen molar-refractivity contribution < 1.29 is 0 Å². The van der Waals surface area contributed by atoms with Crippen molar-refractivity contribution in [2.24, 2.45) is 0 Å². The largest absolute Gasteiger partial charge is 0.310 e. The molecule has 7 aromatic carbocycles. The van der Waals surface area contributed by atoms with Crippen LogP contribution in [-0.2, 0) is 0 Å². The maximum absolute atomic E-state index is 2.35. The van der Waals surface area contributed by atoms with Gasteiger partial charge in [0.25, 0.3) is 0 Å². The van der Waals surface area contributed by atoms with Gasteiger partial charge in [-0.25, -0.2) is 0 Å². The number of hydrogen-bond donors (Lipinski definition) is 0. The molecule has 2 nitrogen and oxygen atoms in total. The lowest BCUT2D eigenvalue weighted by atomic mass is 9.99. The van der Waals surface area contributed by atoms with Crippen LogP contribution in [0.15, 0.2) is 188 Å². The lowest BCUT2D eigenvalue weighted by Gasteiger charge is -2.31. The first kappa shape index (κ1) is 32.2. The Hall–Kier alpha value is -6.38. The topological polar surface area (TPSA) is 6.48 Å². The minimum Gasteiger partial charge on any atom is -0.310 e. The Labute approximate surface area is 296 Å². The molecule has 0 saturated carbocycles. The zero-order valence-corrected chi connectivity index (χ0v) is 28.5. The number of para-hydroxylation sites is 4. The summed E-state index contributed by atoms with van der Waals surface area (Å²) in [6.07, 6.45) is 8.81. The van der Waals surface area contributed by atoms with Gasteiger partial charge in [0.15, 0.2) is 0 Å². The van der Waals surface area contributed by atoms with Crippen molar-refractivity contribution in [3.05, 3.63) is 210 Å². The van der Waals surface area contributed by atoms with Crippen molar-refractivity contribution >= 4 is 52.4 Å². The van der Waals surface area contributed by atoms with Crippen molar-refractivity contribution in [1.82, 2.24) is 0 Å². The van der Waals surface area contributed by atoms with Gasteiger partial charge in [0.05, 0.1) is 11.4 Å². The van der Waals surface area contributed by atoms with Crippen molar-refractivity contribution in [2.75, 3.05) is 9.80 Å². The van der Waals surface area contributed by atoms with Crippen LogP contribution in [0, 0.1) is 6.92 Å². The van der Waals surface area contributed by atoms with Crippen LogP contribution in [0.3, 0.4) is 0 Å². The second-order valence-electron chi connectivity index (χ2n) is 12.3. The fourth-order valence-electron chi connectivity index (χ4n) is 6.32. The van der Waals surface area contributed by atoms with Gasteiger partial charge >= 0.3 is 0 Å². The van der Waals surface area contributed by atoms with Crippen LogP contribution in [0.4, 0.5) is 34.1 Å². The second kappa shape index (κ2) is 15.2. The minimum absolute atomic E-state index is 1.09. The molecule has 0 spiro atoms. The Kier molecular flexibility index (Phi) is 9.80. The van der Waals surface area contributed by atoms with E-state index in [1.165, 1.54) is 16.7 Å². The van der Waals surface area contributed by atoms with Crippen LogP contribution in [-0.4, -0.2) is 0 Å². The maximum atomic E-state index is 2.35. The molecule has 0 aliphatic carbocycles. The first-order valence-electron chi connectivity index (χ1n) is 17.1. The number of nitrogens with zero attached hydrogens (tertiary/aromatic N) is 2. The summed E-state index contributed by atoms with van der Waals surface area (Å²) in [5.74, 6) is 0. The van der Waals surface area contributed by atoms with Crippen LogP contribution in [0.2, 0.25) is 0 Å². The number of aryl methyl sites for hydroxylation is 1. The molecule has 7 aromatic rings. The zero-order chi connectivity index (χ0) is 34.1. The van der Waals surface area contributed by atoms with E-state index in [1.807, 2.05) is 0 Å². The summed E-state index contributed by atoms with van der Waals surface area (Å²) in [4.78, 5) is 4.70. The lowest BCUT2D eigenvalue weighted by molar-refractivity contribution is 1.24. The van der Waals surface area contributed by atoms with E-state index in [0.29, 0.717) is 0 Å². The first-order valence-corrected chi connectivity index (χ1v) is 17.1. The van der Waals surface area contributed by atoms with Gasteiger partial charge < -0.3 is 9.80 Å².